The number of carbonyl (C=O) groups excluding carboxylic acids is 2. The maximum Gasteiger partial charge on any atom is 0.324 e. The summed E-state index contributed by atoms with van der Waals surface area (Å²) in [5, 5.41) is 14.1. The van der Waals surface area contributed by atoms with Gasteiger partial charge in [0.1, 0.15) is 5.54 Å². The van der Waals surface area contributed by atoms with Crippen LogP contribution < -0.4 is 10.2 Å². The number of nitrogens with zero attached hydrogens (tertiary/aromatic N) is 1. The van der Waals surface area contributed by atoms with Crippen molar-refractivity contribution < 1.29 is 19.5 Å². The number of aryl methyl sites for hydroxylation is 3. The number of carboxylic acids is 1. The van der Waals surface area contributed by atoms with Gasteiger partial charge in [0.05, 0.1) is 17.5 Å². The van der Waals surface area contributed by atoms with Crippen LogP contribution in [0.4, 0.5) is 5.69 Å². The fourth-order valence-corrected chi connectivity index (χ4v) is 6.73. The standard InChI is InChI=1S/C29H34N2O4/c1-17-13-14-18(2)21(15-17)25-23-24(27(33)31(26(23)32)22-12-8-7-9-19(22)3)29(30-25,28(34)35)16-20-10-5-4-6-11-20/h7-9,12-15,20,23-25,30H,4-6,10-11,16H2,1-3H3,(H,34,35). The molecule has 0 spiro atoms. The fourth-order valence-electron chi connectivity index (χ4n) is 6.73. The van der Waals surface area contributed by atoms with Crippen molar-refractivity contribution in [2.45, 2.75) is 70.9 Å². The molecule has 2 amide bonds. The number of rotatable bonds is 5. The van der Waals surface area contributed by atoms with E-state index in [1.807, 2.05) is 57.2 Å². The largest absolute Gasteiger partial charge is 0.480 e. The van der Waals surface area contributed by atoms with E-state index in [-0.39, 0.29) is 11.8 Å². The van der Waals surface area contributed by atoms with E-state index in [0.29, 0.717) is 12.1 Å². The molecule has 2 aromatic rings. The lowest BCUT2D eigenvalue weighted by molar-refractivity contribution is -0.150. The third kappa shape index (κ3) is 3.79. The molecular formula is C29H34N2O4. The SMILES string of the molecule is Cc1ccc(C)c(C2NC(CC3CCCCC3)(C(=O)O)C3C(=O)N(c4ccccc4C)C(=O)C23)c1. The zero-order chi connectivity index (χ0) is 24.9. The van der Waals surface area contributed by atoms with Gasteiger partial charge in [-0.15, -0.1) is 0 Å². The van der Waals surface area contributed by atoms with Crippen LogP contribution in [-0.2, 0) is 14.4 Å². The molecule has 184 valence electrons. The van der Waals surface area contributed by atoms with Crippen LogP contribution in [0.15, 0.2) is 42.5 Å². The van der Waals surface area contributed by atoms with Gasteiger partial charge < -0.3 is 5.11 Å². The number of benzene rings is 2. The first-order valence-corrected chi connectivity index (χ1v) is 12.8. The van der Waals surface area contributed by atoms with Crippen molar-refractivity contribution in [3.05, 3.63) is 64.7 Å². The lowest BCUT2D eigenvalue weighted by Gasteiger charge is -2.35. The number of para-hydroxylation sites is 1. The Morgan fingerprint density at radius 1 is 1.00 bits per heavy atom. The molecule has 2 heterocycles. The Balaban J connectivity index is 1.65. The maximum absolute atomic E-state index is 14.0. The van der Waals surface area contributed by atoms with E-state index in [9.17, 15) is 19.5 Å². The van der Waals surface area contributed by atoms with Crippen LogP contribution in [0.5, 0.6) is 0 Å². The smallest absolute Gasteiger partial charge is 0.324 e. The van der Waals surface area contributed by atoms with Crippen LogP contribution >= 0.6 is 0 Å². The molecule has 0 radical (unpaired) electrons. The normalized spacial score (nSPS) is 29.0. The summed E-state index contributed by atoms with van der Waals surface area (Å²) in [5.41, 5.74) is 2.82. The van der Waals surface area contributed by atoms with E-state index in [1.54, 1.807) is 6.07 Å². The van der Waals surface area contributed by atoms with E-state index >= 15 is 0 Å². The van der Waals surface area contributed by atoms with E-state index in [0.717, 1.165) is 47.9 Å². The predicted octanol–water partition coefficient (Wildman–Crippen LogP) is 4.86. The van der Waals surface area contributed by atoms with E-state index in [2.05, 4.69) is 5.32 Å². The molecule has 2 aromatic carbocycles. The van der Waals surface area contributed by atoms with Gasteiger partial charge in [0.15, 0.2) is 0 Å². The molecular weight excluding hydrogens is 440 g/mol. The molecule has 2 aliphatic heterocycles. The van der Waals surface area contributed by atoms with Crippen molar-refractivity contribution in [2.75, 3.05) is 4.90 Å². The van der Waals surface area contributed by atoms with Crippen molar-refractivity contribution >= 4 is 23.5 Å². The summed E-state index contributed by atoms with van der Waals surface area (Å²) >= 11 is 0. The molecule has 1 saturated carbocycles. The van der Waals surface area contributed by atoms with Gasteiger partial charge >= 0.3 is 5.97 Å². The Kier molecular flexibility index (Phi) is 6.04. The predicted molar refractivity (Wildman–Crippen MR) is 134 cm³/mol. The van der Waals surface area contributed by atoms with Gasteiger partial charge in [0.25, 0.3) is 0 Å². The average molecular weight is 475 g/mol. The summed E-state index contributed by atoms with van der Waals surface area (Å²) in [6, 6.07) is 12.8. The van der Waals surface area contributed by atoms with Crippen molar-refractivity contribution in [1.82, 2.24) is 5.32 Å². The first-order valence-electron chi connectivity index (χ1n) is 12.8. The second-order valence-corrected chi connectivity index (χ2v) is 10.8. The highest BCUT2D eigenvalue weighted by Crippen LogP contribution is 2.53. The molecule has 0 bridgehead atoms. The molecule has 2 saturated heterocycles. The molecule has 5 rings (SSSR count). The number of carbonyl (C=O) groups is 3. The van der Waals surface area contributed by atoms with Gasteiger partial charge in [-0.05, 0) is 55.9 Å². The van der Waals surface area contributed by atoms with Gasteiger partial charge in [0.2, 0.25) is 11.8 Å². The number of fused-ring (bicyclic) bond motifs is 1. The maximum atomic E-state index is 14.0. The fraction of sp³-hybridized carbons (Fsp3) is 0.483. The molecule has 6 heteroatoms. The van der Waals surface area contributed by atoms with Crippen LogP contribution in [0, 0.1) is 38.5 Å². The van der Waals surface area contributed by atoms with Gasteiger partial charge in [-0.25, -0.2) is 4.90 Å². The van der Waals surface area contributed by atoms with Gasteiger partial charge in [0, 0.05) is 6.04 Å². The van der Waals surface area contributed by atoms with Crippen LogP contribution in [0.1, 0.15) is 66.8 Å². The van der Waals surface area contributed by atoms with Crippen molar-refractivity contribution in [3.8, 4) is 0 Å². The highest BCUT2D eigenvalue weighted by Gasteiger charge is 2.69. The lowest BCUT2D eigenvalue weighted by atomic mass is 9.72. The van der Waals surface area contributed by atoms with E-state index in [1.165, 1.54) is 11.3 Å². The molecule has 3 aliphatic rings. The van der Waals surface area contributed by atoms with Crippen LogP contribution in [0.2, 0.25) is 0 Å². The molecule has 4 unspecified atom stereocenters. The minimum absolute atomic E-state index is 0.223. The Morgan fingerprint density at radius 2 is 1.71 bits per heavy atom. The molecule has 1 aliphatic carbocycles. The second kappa shape index (κ2) is 8.90. The molecule has 35 heavy (non-hydrogen) atoms. The number of hydrogen-bond acceptors (Lipinski definition) is 4. The number of amides is 2. The first-order chi connectivity index (χ1) is 16.7. The summed E-state index contributed by atoms with van der Waals surface area (Å²) in [6.07, 6.45) is 5.62. The average Bonchev–Trinajstić information content (AvgIpc) is 3.31. The number of nitrogens with one attached hydrogen (secondary N) is 1. The molecule has 3 fully saturated rings. The Bertz CT molecular complexity index is 1180. The monoisotopic (exact) mass is 474 g/mol. The zero-order valence-electron chi connectivity index (χ0n) is 20.7. The Hall–Kier alpha value is -2.99. The number of aliphatic carboxylic acids is 1. The molecule has 0 aromatic heterocycles. The van der Waals surface area contributed by atoms with E-state index < -0.39 is 35.3 Å². The first kappa shape index (κ1) is 23.7. The summed E-state index contributed by atoms with van der Waals surface area (Å²) in [5.74, 6) is -3.21. The number of imide groups is 1. The zero-order valence-corrected chi connectivity index (χ0v) is 20.7. The van der Waals surface area contributed by atoms with Crippen molar-refractivity contribution in [2.24, 2.45) is 17.8 Å². The Labute approximate surface area is 206 Å². The van der Waals surface area contributed by atoms with Crippen LogP contribution in [0.25, 0.3) is 0 Å². The van der Waals surface area contributed by atoms with Crippen molar-refractivity contribution in [1.29, 1.82) is 0 Å². The minimum atomic E-state index is -1.47. The quantitative estimate of drug-likeness (QED) is 0.605. The number of hydrogen-bond donors (Lipinski definition) is 2. The van der Waals surface area contributed by atoms with Crippen LogP contribution in [-0.4, -0.2) is 28.4 Å². The summed E-state index contributed by atoms with van der Waals surface area (Å²) in [6.45, 7) is 5.84. The Morgan fingerprint density at radius 3 is 2.40 bits per heavy atom. The van der Waals surface area contributed by atoms with Crippen molar-refractivity contribution in [3.63, 3.8) is 0 Å². The minimum Gasteiger partial charge on any atom is -0.480 e. The third-order valence-electron chi connectivity index (χ3n) is 8.50. The highest BCUT2D eigenvalue weighted by molar-refractivity contribution is 6.24. The number of anilines is 1. The van der Waals surface area contributed by atoms with Gasteiger partial charge in [-0.1, -0.05) is 74.1 Å². The summed E-state index contributed by atoms with van der Waals surface area (Å²) in [7, 11) is 0. The summed E-state index contributed by atoms with van der Waals surface area (Å²) in [4.78, 5) is 42.4. The second-order valence-electron chi connectivity index (χ2n) is 10.8. The van der Waals surface area contributed by atoms with Crippen LogP contribution in [0.3, 0.4) is 0 Å². The highest BCUT2D eigenvalue weighted by atomic mass is 16.4. The molecule has 2 N–H and O–H groups in total. The third-order valence-corrected chi connectivity index (χ3v) is 8.50. The summed E-state index contributed by atoms with van der Waals surface area (Å²) < 4.78 is 0. The number of carboxylic acid groups (broad SMARTS) is 1. The van der Waals surface area contributed by atoms with Gasteiger partial charge in [-0.2, -0.15) is 0 Å². The van der Waals surface area contributed by atoms with Gasteiger partial charge in [-0.3, -0.25) is 19.7 Å². The topological polar surface area (TPSA) is 86.7 Å². The van der Waals surface area contributed by atoms with E-state index in [4.69, 9.17) is 0 Å². The molecule has 6 nitrogen and oxygen atoms in total. The molecule has 4 atom stereocenters. The lowest BCUT2D eigenvalue weighted by Crippen LogP contribution is -2.57.